The molecule has 1 atom stereocenters. The lowest BCUT2D eigenvalue weighted by molar-refractivity contribution is -0.141. The van der Waals surface area contributed by atoms with Crippen LogP contribution in [0.25, 0.3) is 0 Å². The number of aromatic nitrogens is 1. The smallest absolute Gasteiger partial charge is 0.251 e. The Morgan fingerprint density at radius 1 is 1.32 bits per heavy atom. The molecule has 3 rings (SSSR count). The van der Waals surface area contributed by atoms with Gasteiger partial charge in [0.15, 0.2) is 0 Å². The highest BCUT2D eigenvalue weighted by atomic mass is 19.3. The van der Waals surface area contributed by atoms with Crippen molar-refractivity contribution in [1.82, 2.24) is 14.8 Å². The van der Waals surface area contributed by atoms with E-state index in [1.807, 2.05) is 18.3 Å². The van der Waals surface area contributed by atoms with E-state index in [0.29, 0.717) is 6.54 Å². The summed E-state index contributed by atoms with van der Waals surface area (Å²) in [6.07, 6.45) is 3.98. The monoisotopic (exact) mass is 309 g/mol. The summed E-state index contributed by atoms with van der Waals surface area (Å²) in [5, 5.41) is 0. The number of nitrogens with zero attached hydrogens (tertiary/aromatic N) is 3. The molecule has 0 aliphatic carbocycles. The van der Waals surface area contributed by atoms with E-state index in [2.05, 4.69) is 9.88 Å². The molecule has 2 saturated heterocycles. The number of hydrogen-bond acceptors (Lipinski definition) is 3. The molecule has 1 aromatic heterocycles. The Morgan fingerprint density at radius 3 is 2.77 bits per heavy atom. The molecule has 6 heteroatoms. The Balaban J connectivity index is 1.51. The fourth-order valence-corrected chi connectivity index (χ4v) is 3.24. The van der Waals surface area contributed by atoms with Crippen molar-refractivity contribution in [2.75, 3.05) is 26.2 Å². The number of amides is 1. The van der Waals surface area contributed by atoms with E-state index in [0.717, 1.165) is 25.1 Å². The SMILES string of the molecule is O=C(C1CCN(Cc2cccnc2)C1)N1CCC(F)(F)CC1. The number of halogens is 2. The highest BCUT2D eigenvalue weighted by Crippen LogP contribution is 2.29. The zero-order valence-corrected chi connectivity index (χ0v) is 12.5. The van der Waals surface area contributed by atoms with Gasteiger partial charge in [-0.15, -0.1) is 0 Å². The summed E-state index contributed by atoms with van der Waals surface area (Å²) in [4.78, 5) is 20.4. The minimum Gasteiger partial charge on any atom is -0.342 e. The van der Waals surface area contributed by atoms with Gasteiger partial charge in [0.05, 0.1) is 5.92 Å². The number of piperidine rings is 1. The molecule has 2 fully saturated rings. The molecular weight excluding hydrogens is 288 g/mol. The Kier molecular flexibility index (Phi) is 4.38. The predicted octanol–water partition coefficient (Wildman–Crippen LogP) is 2.16. The van der Waals surface area contributed by atoms with Crippen LogP contribution in [-0.4, -0.2) is 52.8 Å². The first-order valence-electron chi connectivity index (χ1n) is 7.81. The summed E-state index contributed by atoms with van der Waals surface area (Å²) in [6.45, 7) is 2.74. The largest absolute Gasteiger partial charge is 0.342 e. The maximum absolute atomic E-state index is 13.2. The van der Waals surface area contributed by atoms with Gasteiger partial charge in [0.25, 0.3) is 5.92 Å². The van der Waals surface area contributed by atoms with E-state index in [1.165, 1.54) is 0 Å². The van der Waals surface area contributed by atoms with E-state index >= 15 is 0 Å². The normalized spacial score (nSPS) is 25.4. The van der Waals surface area contributed by atoms with Crippen LogP contribution in [0, 0.1) is 5.92 Å². The fraction of sp³-hybridized carbons (Fsp3) is 0.625. The lowest BCUT2D eigenvalue weighted by Gasteiger charge is -2.33. The van der Waals surface area contributed by atoms with Crippen molar-refractivity contribution in [1.29, 1.82) is 0 Å². The highest BCUT2D eigenvalue weighted by molar-refractivity contribution is 5.79. The molecule has 1 unspecified atom stereocenters. The van der Waals surface area contributed by atoms with Crippen molar-refractivity contribution in [2.24, 2.45) is 5.92 Å². The number of rotatable bonds is 3. The Bertz CT molecular complexity index is 513. The molecule has 4 nitrogen and oxygen atoms in total. The molecule has 0 radical (unpaired) electrons. The molecule has 0 bridgehead atoms. The van der Waals surface area contributed by atoms with Gasteiger partial charge < -0.3 is 4.90 Å². The van der Waals surface area contributed by atoms with Crippen LogP contribution in [0.2, 0.25) is 0 Å². The molecule has 22 heavy (non-hydrogen) atoms. The molecule has 0 N–H and O–H groups in total. The lowest BCUT2D eigenvalue weighted by atomic mass is 10.0. The van der Waals surface area contributed by atoms with Gasteiger partial charge in [-0.2, -0.15) is 0 Å². The quantitative estimate of drug-likeness (QED) is 0.858. The van der Waals surface area contributed by atoms with Gasteiger partial charge in [-0.1, -0.05) is 6.07 Å². The van der Waals surface area contributed by atoms with Crippen molar-refractivity contribution in [2.45, 2.75) is 31.7 Å². The summed E-state index contributed by atoms with van der Waals surface area (Å²) in [7, 11) is 0. The topological polar surface area (TPSA) is 36.4 Å². The standard InChI is InChI=1S/C16H21F2N3O/c17-16(18)4-8-21(9-5-16)15(22)14-3-7-20(12-14)11-13-2-1-6-19-10-13/h1-2,6,10,14H,3-5,7-9,11-12H2. The van der Waals surface area contributed by atoms with Crippen LogP contribution in [0.1, 0.15) is 24.8 Å². The van der Waals surface area contributed by atoms with Gasteiger partial charge in [0.2, 0.25) is 5.91 Å². The number of carbonyl (C=O) groups is 1. The third kappa shape index (κ3) is 3.61. The molecular formula is C16H21F2N3O. The Hall–Kier alpha value is -1.56. The highest BCUT2D eigenvalue weighted by Gasteiger charge is 2.38. The second kappa shape index (κ2) is 6.28. The average Bonchev–Trinajstić information content (AvgIpc) is 2.96. The maximum atomic E-state index is 13.2. The molecule has 0 saturated carbocycles. The van der Waals surface area contributed by atoms with Gasteiger partial charge in [-0.05, 0) is 24.6 Å². The summed E-state index contributed by atoms with van der Waals surface area (Å²) in [6, 6.07) is 3.93. The van der Waals surface area contributed by atoms with Crippen molar-refractivity contribution in [3.8, 4) is 0 Å². The van der Waals surface area contributed by atoms with Crippen LogP contribution < -0.4 is 0 Å². The van der Waals surface area contributed by atoms with Crippen LogP contribution in [0.3, 0.4) is 0 Å². The summed E-state index contributed by atoms with van der Waals surface area (Å²) < 4.78 is 26.3. The number of hydrogen-bond donors (Lipinski definition) is 0. The van der Waals surface area contributed by atoms with Crippen molar-refractivity contribution in [3.05, 3.63) is 30.1 Å². The zero-order chi connectivity index (χ0) is 15.6. The number of carbonyl (C=O) groups excluding carboxylic acids is 1. The van der Waals surface area contributed by atoms with E-state index < -0.39 is 5.92 Å². The zero-order valence-electron chi connectivity index (χ0n) is 12.5. The van der Waals surface area contributed by atoms with Crippen LogP contribution in [0.5, 0.6) is 0 Å². The van der Waals surface area contributed by atoms with E-state index in [-0.39, 0.29) is 37.8 Å². The molecule has 1 aromatic rings. The molecule has 3 heterocycles. The summed E-state index contributed by atoms with van der Waals surface area (Å²) >= 11 is 0. The number of pyridine rings is 1. The Labute approximate surface area is 129 Å². The maximum Gasteiger partial charge on any atom is 0.251 e. The van der Waals surface area contributed by atoms with Crippen LogP contribution in [-0.2, 0) is 11.3 Å². The summed E-state index contributed by atoms with van der Waals surface area (Å²) in [5.74, 6) is -2.61. The molecule has 0 aromatic carbocycles. The van der Waals surface area contributed by atoms with Crippen LogP contribution in [0.15, 0.2) is 24.5 Å². The molecule has 2 aliphatic heterocycles. The van der Waals surface area contributed by atoms with Gasteiger partial charge in [0.1, 0.15) is 0 Å². The number of alkyl halides is 2. The van der Waals surface area contributed by atoms with Crippen molar-refractivity contribution < 1.29 is 13.6 Å². The van der Waals surface area contributed by atoms with E-state index in [9.17, 15) is 13.6 Å². The first kappa shape index (κ1) is 15.3. The second-order valence-corrected chi connectivity index (χ2v) is 6.26. The van der Waals surface area contributed by atoms with Crippen molar-refractivity contribution >= 4 is 5.91 Å². The summed E-state index contributed by atoms with van der Waals surface area (Å²) in [5.41, 5.74) is 1.13. The third-order valence-corrected chi connectivity index (χ3v) is 4.56. The van der Waals surface area contributed by atoms with Crippen LogP contribution >= 0.6 is 0 Å². The van der Waals surface area contributed by atoms with Crippen molar-refractivity contribution in [3.63, 3.8) is 0 Å². The fourth-order valence-electron chi connectivity index (χ4n) is 3.24. The molecule has 0 spiro atoms. The minimum atomic E-state index is -2.60. The first-order chi connectivity index (χ1) is 10.5. The van der Waals surface area contributed by atoms with Gasteiger partial charge in [-0.3, -0.25) is 14.7 Å². The van der Waals surface area contributed by atoms with E-state index in [4.69, 9.17) is 0 Å². The van der Waals surface area contributed by atoms with Gasteiger partial charge >= 0.3 is 0 Å². The number of likely N-dealkylation sites (tertiary alicyclic amines) is 2. The van der Waals surface area contributed by atoms with Gasteiger partial charge in [0, 0.05) is 51.4 Å². The molecule has 1 amide bonds. The van der Waals surface area contributed by atoms with E-state index in [1.54, 1.807) is 11.1 Å². The van der Waals surface area contributed by atoms with Gasteiger partial charge in [-0.25, -0.2) is 8.78 Å². The minimum absolute atomic E-state index is 0.0455. The van der Waals surface area contributed by atoms with Crippen LogP contribution in [0.4, 0.5) is 8.78 Å². The Morgan fingerprint density at radius 2 is 2.09 bits per heavy atom. The first-order valence-corrected chi connectivity index (χ1v) is 7.81. The third-order valence-electron chi connectivity index (χ3n) is 4.56. The predicted molar refractivity (Wildman–Crippen MR) is 78.4 cm³/mol. The lowest BCUT2D eigenvalue weighted by Crippen LogP contribution is -2.45. The average molecular weight is 309 g/mol. The second-order valence-electron chi connectivity index (χ2n) is 6.26. The molecule has 2 aliphatic rings. The molecule has 120 valence electrons.